The Bertz CT molecular complexity index is 399. The van der Waals surface area contributed by atoms with Crippen molar-refractivity contribution in [2.24, 2.45) is 5.92 Å². The molecule has 3 heteroatoms. The molecule has 0 bridgehead atoms. The van der Waals surface area contributed by atoms with Crippen molar-refractivity contribution in [3.05, 3.63) is 35.4 Å². The molecule has 0 fully saturated rings. The number of hydrogen-bond donors (Lipinski definition) is 0. The Morgan fingerprint density at radius 2 is 1.67 bits per heavy atom. The number of alkyl halides is 1. The standard InChI is InChI=1S/C15H22BrNO/c1-10(2)14(16)15(18)17(5)12(4)13-8-6-11(3)7-9-13/h6-10,12,14H,1-5H3. The molecule has 1 aromatic rings. The van der Waals surface area contributed by atoms with Gasteiger partial charge >= 0.3 is 0 Å². The Labute approximate surface area is 119 Å². The van der Waals surface area contributed by atoms with Crippen molar-refractivity contribution < 1.29 is 4.79 Å². The van der Waals surface area contributed by atoms with E-state index >= 15 is 0 Å². The summed E-state index contributed by atoms with van der Waals surface area (Å²) in [6.45, 7) is 8.21. The minimum Gasteiger partial charge on any atom is -0.338 e. The number of halogens is 1. The molecule has 1 rings (SSSR count). The summed E-state index contributed by atoms with van der Waals surface area (Å²) in [6, 6.07) is 8.43. The summed E-state index contributed by atoms with van der Waals surface area (Å²) in [4.78, 5) is 13.9. The van der Waals surface area contributed by atoms with Crippen LogP contribution in [-0.4, -0.2) is 22.7 Å². The van der Waals surface area contributed by atoms with E-state index in [1.807, 2.05) is 25.8 Å². The van der Waals surface area contributed by atoms with Crippen LogP contribution in [0, 0.1) is 12.8 Å². The topological polar surface area (TPSA) is 20.3 Å². The number of hydrogen-bond acceptors (Lipinski definition) is 1. The van der Waals surface area contributed by atoms with Gasteiger partial charge in [0.25, 0.3) is 0 Å². The molecule has 0 N–H and O–H groups in total. The van der Waals surface area contributed by atoms with Gasteiger partial charge < -0.3 is 4.90 Å². The third kappa shape index (κ3) is 3.58. The molecule has 2 nitrogen and oxygen atoms in total. The highest BCUT2D eigenvalue weighted by atomic mass is 79.9. The maximum Gasteiger partial charge on any atom is 0.236 e. The van der Waals surface area contributed by atoms with Gasteiger partial charge in [0, 0.05) is 7.05 Å². The van der Waals surface area contributed by atoms with Crippen LogP contribution in [-0.2, 0) is 4.79 Å². The fraction of sp³-hybridized carbons (Fsp3) is 0.533. The van der Waals surface area contributed by atoms with Crippen LogP contribution < -0.4 is 0 Å². The van der Waals surface area contributed by atoms with E-state index in [0.717, 1.165) is 0 Å². The number of carbonyl (C=O) groups excluding carboxylic acids is 1. The van der Waals surface area contributed by atoms with Gasteiger partial charge in [-0.25, -0.2) is 0 Å². The molecular formula is C15H22BrNO. The molecule has 0 aromatic heterocycles. The van der Waals surface area contributed by atoms with E-state index in [9.17, 15) is 4.79 Å². The van der Waals surface area contributed by atoms with E-state index in [1.165, 1.54) is 11.1 Å². The first-order chi connectivity index (χ1) is 8.34. The highest BCUT2D eigenvalue weighted by Gasteiger charge is 2.25. The van der Waals surface area contributed by atoms with Gasteiger partial charge in [0.1, 0.15) is 0 Å². The lowest BCUT2D eigenvalue weighted by atomic mass is 10.0. The van der Waals surface area contributed by atoms with E-state index in [2.05, 4.69) is 54.0 Å². The Hall–Kier alpha value is -0.830. The molecule has 0 saturated carbocycles. The summed E-state index contributed by atoms with van der Waals surface area (Å²) in [7, 11) is 1.86. The lowest BCUT2D eigenvalue weighted by Gasteiger charge is -2.28. The predicted octanol–water partition coefficient (Wildman–Crippen LogP) is 3.93. The molecule has 100 valence electrons. The van der Waals surface area contributed by atoms with Crippen molar-refractivity contribution in [1.29, 1.82) is 0 Å². The summed E-state index contributed by atoms with van der Waals surface area (Å²) in [6.07, 6.45) is 0. The van der Waals surface area contributed by atoms with Crippen LogP contribution in [0.5, 0.6) is 0 Å². The van der Waals surface area contributed by atoms with Gasteiger partial charge in [0.05, 0.1) is 10.9 Å². The molecule has 0 aliphatic rings. The van der Waals surface area contributed by atoms with Gasteiger partial charge in [-0.1, -0.05) is 59.6 Å². The third-order valence-corrected chi connectivity index (χ3v) is 4.76. The molecule has 0 saturated heterocycles. The summed E-state index contributed by atoms with van der Waals surface area (Å²) in [5.74, 6) is 0.434. The number of nitrogens with zero attached hydrogens (tertiary/aromatic N) is 1. The molecular weight excluding hydrogens is 290 g/mol. The number of rotatable bonds is 4. The van der Waals surface area contributed by atoms with Crippen molar-refractivity contribution in [3.8, 4) is 0 Å². The SMILES string of the molecule is Cc1ccc(C(C)N(C)C(=O)C(Br)C(C)C)cc1. The van der Waals surface area contributed by atoms with Gasteiger partial charge in [-0.15, -0.1) is 0 Å². The molecule has 0 heterocycles. The van der Waals surface area contributed by atoms with Gasteiger partial charge in [-0.05, 0) is 25.3 Å². The minimum absolute atomic E-state index is 0.0944. The summed E-state index contributed by atoms with van der Waals surface area (Å²) in [5.41, 5.74) is 2.40. The van der Waals surface area contributed by atoms with Crippen molar-refractivity contribution in [3.63, 3.8) is 0 Å². The van der Waals surface area contributed by atoms with Crippen molar-refractivity contribution >= 4 is 21.8 Å². The largest absolute Gasteiger partial charge is 0.338 e. The first kappa shape index (κ1) is 15.2. The molecule has 0 aliphatic carbocycles. The molecule has 1 amide bonds. The van der Waals surface area contributed by atoms with Crippen LogP contribution >= 0.6 is 15.9 Å². The first-order valence-corrected chi connectivity index (χ1v) is 7.23. The Morgan fingerprint density at radius 1 is 1.17 bits per heavy atom. The first-order valence-electron chi connectivity index (χ1n) is 6.32. The van der Waals surface area contributed by atoms with E-state index in [-0.39, 0.29) is 16.8 Å². The van der Waals surface area contributed by atoms with Gasteiger partial charge in [0.2, 0.25) is 5.91 Å². The fourth-order valence-electron chi connectivity index (χ4n) is 1.74. The number of amides is 1. The Balaban J connectivity index is 2.80. The highest BCUT2D eigenvalue weighted by molar-refractivity contribution is 9.10. The minimum atomic E-state index is -0.115. The Morgan fingerprint density at radius 3 is 2.11 bits per heavy atom. The van der Waals surface area contributed by atoms with Crippen LogP contribution in [0.3, 0.4) is 0 Å². The maximum atomic E-state index is 12.2. The predicted molar refractivity (Wildman–Crippen MR) is 79.9 cm³/mol. The average molecular weight is 312 g/mol. The second-order valence-electron chi connectivity index (χ2n) is 5.18. The summed E-state index contributed by atoms with van der Waals surface area (Å²) < 4.78 is 0. The van der Waals surface area contributed by atoms with Crippen molar-refractivity contribution in [2.75, 3.05) is 7.05 Å². The van der Waals surface area contributed by atoms with Crippen LogP contribution in [0.25, 0.3) is 0 Å². The van der Waals surface area contributed by atoms with Gasteiger partial charge in [-0.2, -0.15) is 0 Å². The van der Waals surface area contributed by atoms with Crippen LogP contribution in [0.2, 0.25) is 0 Å². The second kappa shape index (κ2) is 6.37. The van der Waals surface area contributed by atoms with Crippen molar-refractivity contribution in [2.45, 2.75) is 38.6 Å². The summed E-state index contributed by atoms with van der Waals surface area (Å²) >= 11 is 3.47. The molecule has 2 atom stereocenters. The normalized spacial score (nSPS) is 14.4. The molecule has 0 spiro atoms. The van der Waals surface area contributed by atoms with E-state index in [0.29, 0.717) is 5.92 Å². The average Bonchev–Trinajstić information content (AvgIpc) is 2.36. The lowest BCUT2D eigenvalue weighted by molar-refractivity contribution is -0.131. The zero-order valence-corrected chi connectivity index (χ0v) is 13.4. The van der Waals surface area contributed by atoms with E-state index in [1.54, 1.807) is 0 Å². The Kier molecular flexibility index (Phi) is 5.39. The zero-order chi connectivity index (χ0) is 13.9. The third-order valence-electron chi connectivity index (χ3n) is 3.31. The van der Waals surface area contributed by atoms with E-state index < -0.39 is 0 Å². The smallest absolute Gasteiger partial charge is 0.236 e. The fourth-order valence-corrected chi connectivity index (χ4v) is 2.06. The lowest BCUT2D eigenvalue weighted by Crippen LogP contribution is -2.37. The quantitative estimate of drug-likeness (QED) is 0.771. The summed E-state index contributed by atoms with van der Waals surface area (Å²) in [5, 5.41) is 0. The van der Waals surface area contributed by atoms with Crippen molar-refractivity contribution in [1.82, 2.24) is 4.90 Å². The molecule has 2 unspecified atom stereocenters. The second-order valence-corrected chi connectivity index (χ2v) is 6.17. The molecule has 0 aliphatic heterocycles. The van der Waals surface area contributed by atoms with Crippen LogP contribution in [0.1, 0.15) is 37.9 Å². The molecule has 18 heavy (non-hydrogen) atoms. The molecule has 0 radical (unpaired) electrons. The van der Waals surface area contributed by atoms with Gasteiger partial charge in [-0.3, -0.25) is 4.79 Å². The maximum absolute atomic E-state index is 12.2. The van der Waals surface area contributed by atoms with Crippen LogP contribution in [0.4, 0.5) is 0 Å². The molecule has 1 aromatic carbocycles. The monoisotopic (exact) mass is 311 g/mol. The number of carbonyl (C=O) groups is 1. The zero-order valence-electron chi connectivity index (χ0n) is 11.8. The number of aryl methyl sites for hydroxylation is 1. The van der Waals surface area contributed by atoms with Gasteiger partial charge in [0.15, 0.2) is 0 Å². The van der Waals surface area contributed by atoms with E-state index in [4.69, 9.17) is 0 Å². The highest BCUT2D eigenvalue weighted by Crippen LogP contribution is 2.23. The van der Waals surface area contributed by atoms with Crippen LogP contribution in [0.15, 0.2) is 24.3 Å². The number of benzene rings is 1.